The van der Waals surface area contributed by atoms with Gasteiger partial charge in [-0.05, 0) is 26.3 Å². The van der Waals surface area contributed by atoms with E-state index in [1.165, 1.54) is 18.5 Å². The molecule has 1 rings (SSSR count). The molecule has 1 N–H and O–H groups in total. The van der Waals surface area contributed by atoms with Gasteiger partial charge in [-0.15, -0.1) is 0 Å². The number of halogens is 1. The lowest BCUT2D eigenvalue weighted by Gasteiger charge is -2.15. The van der Waals surface area contributed by atoms with Gasteiger partial charge in [0.1, 0.15) is 5.67 Å². The Balaban J connectivity index is 2.65. The fourth-order valence-corrected chi connectivity index (χ4v) is 1.31. The Morgan fingerprint density at radius 2 is 2.33 bits per heavy atom. The van der Waals surface area contributed by atoms with Crippen LogP contribution in [-0.2, 0) is 17.8 Å². The second-order valence-electron chi connectivity index (χ2n) is 4.09. The van der Waals surface area contributed by atoms with E-state index in [2.05, 4.69) is 5.10 Å². The molecule has 0 radical (unpaired) electrons. The normalized spacial score (nSPS) is 11.7. The number of carbonyl (C=O) groups is 1. The lowest BCUT2D eigenvalue weighted by molar-refractivity contribution is -0.136. The van der Waals surface area contributed by atoms with Crippen molar-refractivity contribution in [1.29, 1.82) is 0 Å². The first-order valence-electron chi connectivity index (χ1n) is 4.80. The number of hydrogen-bond acceptors (Lipinski definition) is 2. The SMILES string of the molecule is CC(C)(F)Cn1nccc1CCC(=O)O. The lowest BCUT2D eigenvalue weighted by Crippen LogP contribution is -2.23. The summed E-state index contributed by atoms with van der Waals surface area (Å²) in [5.41, 5.74) is -0.590. The van der Waals surface area contributed by atoms with E-state index >= 15 is 0 Å². The number of alkyl halides is 1. The Labute approximate surface area is 87.7 Å². The van der Waals surface area contributed by atoms with Gasteiger partial charge < -0.3 is 5.11 Å². The van der Waals surface area contributed by atoms with E-state index in [1.54, 1.807) is 12.3 Å². The fourth-order valence-electron chi connectivity index (χ4n) is 1.31. The number of aryl methyl sites for hydroxylation is 1. The molecule has 0 aromatic carbocycles. The van der Waals surface area contributed by atoms with Crippen LogP contribution in [0.5, 0.6) is 0 Å². The molecule has 0 aliphatic heterocycles. The van der Waals surface area contributed by atoms with Crippen LogP contribution in [0.15, 0.2) is 12.3 Å². The number of nitrogens with zero attached hydrogens (tertiary/aromatic N) is 2. The van der Waals surface area contributed by atoms with Gasteiger partial charge in [-0.25, -0.2) is 4.39 Å². The number of aliphatic carboxylic acids is 1. The third-order valence-corrected chi connectivity index (χ3v) is 1.93. The summed E-state index contributed by atoms with van der Waals surface area (Å²) >= 11 is 0. The summed E-state index contributed by atoms with van der Waals surface area (Å²) in [5, 5.41) is 12.5. The van der Waals surface area contributed by atoms with Crippen molar-refractivity contribution in [3.05, 3.63) is 18.0 Å². The van der Waals surface area contributed by atoms with Crippen molar-refractivity contribution in [3.63, 3.8) is 0 Å². The van der Waals surface area contributed by atoms with Gasteiger partial charge in [0.15, 0.2) is 0 Å². The van der Waals surface area contributed by atoms with E-state index < -0.39 is 11.6 Å². The van der Waals surface area contributed by atoms with Crippen LogP contribution < -0.4 is 0 Å². The summed E-state index contributed by atoms with van der Waals surface area (Å²) in [6, 6.07) is 1.72. The molecule has 5 heteroatoms. The zero-order chi connectivity index (χ0) is 11.5. The number of carboxylic acids is 1. The van der Waals surface area contributed by atoms with E-state index in [-0.39, 0.29) is 13.0 Å². The van der Waals surface area contributed by atoms with Crippen LogP contribution >= 0.6 is 0 Å². The molecular weight excluding hydrogens is 199 g/mol. The van der Waals surface area contributed by atoms with Crippen LogP contribution in [0.1, 0.15) is 26.0 Å². The molecule has 0 fully saturated rings. The minimum absolute atomic E-state index is 0.0401. The molecule has 0 spiro atoms. The number of rotatable bonds is 5. The summed E-state index contributed by atoms with van der Waals surface area (Å²) in [7, 11) is 0. The standard InChI is InChI=1S/C10H15FN2O2/c1-10(2,11)7-13-8(5-6-12-13)3-4-9(14)15/h5-6H,3-4,7H2,1-2H3,(H,14,15). The van der Waals surface area contributed by atoms with Crippen molar-refractivity contribution in [1.82, 2.24) is 9.78 Å². The van der Waals surface area contributed by atoms with Crippen molar-refractivity contribution in [3.8, 4) is 0 Å². The van der Waals surface area contributed by atoms with Gasteiger partial charge in [0, 0.05) is 11.9 Å². The highest BCUT2D eigenvalue weighted by Gasteiger charge is 2.18. The summed E-state index contributed by atoms with van der Waals surface area (Å²) in [5.74, 6) is -0.859. The minimum atomic E-state index is -1.34. The maximum atomic E-state index is 13.4. The van der Waals surface area contributed by atoms with Crippen LogP contribution in [-0.4, -0.2) is 26.5 Å². The van der Waals surface area contributed by atoms with E-state index in [9.17, 15) is 9.18 Å². The fraction of sp³-hybridized carbons (Fsp3) is 0.600. The zero-order valence-electron chi connectivity index (χ0n) is 8.90. The Morgan fingerprint density at radius 3 is 2.87 bits per heavy atom. The molecule has 0 bridgehead atoms. The van der Waals surface area contributed by atoms with Crippen molar-refractivity contribution in [2.75, 3.05) is 0 Å². The number of carboxylic acid groups (broad SMARTS) is 1. The Kier molecular flexibility index (Phi) is 3.44. The highest BCUT2D eigenvalue weighted by Crippen LogP contribution is 2.13. The van der Waals surface area contributed by atoms with Gasteiger partial charge in [0.2, 0.25) is 0 Å². The van der Waals surface area contributed by atoms with Crippen LogP contribution in [0.2, 0.25) is 0 Å². The van der Waals surface area contributed by atoms with E-state index in [0.717, 1.165) is 5.69 Å². The van der Waals surface area contributed by atoms with Crippen molar-refractivity contribution >= 4 is 5.97 Å². The summed E-state index contributed by atoms with van der Waals surface area (Å²) in [4.78, 5) is 10.4. The Morgan fingerprint density at radius 1 is 1.67 bits per heavy atom. The van der Waals surface area contributed by atoms with Crippen LogP contribution in [0, 0.1) is 0 Å². The van der Waals surface area contributed by atoms with Crippen molar-refractivity contribution in [2.24, 2.45) is 0 Å². The third kappa shape index (κ3) is 4.10. The van der Waals surface area contributed by atoms with Crippen LogP contribution in [0.4, 0.5) is 4.39 Å². The van der Waals surface area contributed by atoms with Gasteiger partial charge >= 0.3 is 5.97 Å². The van der Waals surface area contributed by atoms with Crippen molar-refractivity contribution in [2.45, 2.75) is 38.9 Å². The molecule has 84 valence electrons. The second-order valence-corrected chi connectivity index (χ2v) is 4.09. The average Bonchev–Trinajstić information content (AvgIpc) is 2.45. The van der Waals surface area contributed by atoms with Gasteiger partial charge in [-0.3, -0.25) is 9.48 Å². The van der Waals surface area contributed by atoms with Gasteiger partial charge in [0.05, 0.1) is 13.0 Å². The van der Waals surface area contributed by atoms with E-state index in [1.807, 2.05) is 0 Å². The van der Waals surface area contributed by atoms with Crippen molar-refractivity contribution < 1.29 is 14.3 Å². The molecule has 4 nitrogen and oxygen atoms in total. The Bertz CT molecular complexity index is 341. The minimum Gasteiger partial charge on any atom is -0.481 e. The van der Waals surface area contributed by atoms with Gasteiger partial charge in [-0.1, -0.05) is 0 Å². The predicted octanol–water partition coefficient (Wildman–Crippen LogP) is 1.65. The smallest absolute Gasteiger partial charge is 0.303 e. The molecule has 0 aliphatic carbocycles. The molecule has 0 amide bonds. The van der Waals surface area contributed by atoms with Gasteiger partial charge in [0.25, 0.3) is 0 Å². The lowest BCUT2D eigenvalue weighted by atomic mass is 10.1. The summed E-state index contributed by atoms with van der Waals surface area (Å²) < 4.78 is 14.9. The first kappa shape index (κ1) is 11.7. The molecule has 1 aromatic heterocycles. The Hall–Kier alpha value is -1.39. The molecule has 15 heavy (non-hydrogen) atoms. The zero-order valence-corrected chi connectivity index (χ0v) is 8.90. The predicted molar refractivity (Wildman–Crippen MR) is 53.4 cm³/mol. The molecule has 1 aromatic rings. The largest absolute Gasteiger partial charge is 0.481 e. The summed E-state index contributed by atoms with van der Waals surface area (Å²) in [6.45, 7) is 3.08. The first-order valence-corrected chi connectivity index (χ1v) is 4.80. The molecule has 0 unspecified atom stereocenters. The maximum absolute atomic E-state index is 13.4. The van der Waals surface area contributed by atoms with E-state index in [0.29, 0.717) is 6.42 Å². The molecular formula is C10H15FN2O2. The van der Waals surface area contributed by atoms with Gasteiger partial charge in [-0.2, -0.15) is 5.10 Å². The molecule has 1 heterocycles. The number of hydrogen-bond donors (Lipinski definition) is 1. The summed E-state index contributed by atoms with van der Waals surface area (Å²) in [6.07, 6.45) is 1.98. The van der Waals surface area contributed by atoms with E-state index in [4.69, 9.17) is 5.11 Å². The quantitative estimate of drug-likeness (QED) is 0.810. The molecule has 0 saturated heterocycles. The number of aromatic nitrogens is 2. The first-order chi connectivity index (χ1) is 6.88. The van der Waals surface area contributed by atoms with Crippen LogP contribution in [0.25, 0.3) is 0 Å². The monoisotopic (exact) mass is 214 g/mol. The maximum Gasteiger partial charge on any atom is 0.303 e. The highest BCUT2D eigenvalue weighted by atomic mass is 19.1. The highest BCUT2D eigenvalue weighted by molar-refractivity contribution is 5.66. The molecule has 0 saturated carbocycles. The third-order valence-electron chi connectivity index (χ3n) is 1.93. The molecule has 0 atom stereocenters. The van der Waals surface area contributed by atoms with Crippen LogP contribution in [0.3, 0.4) is 0 Å². The second kappa shape index (κ2) is 4.42. The topological polar surface area (TPSA) is 55.1 Å². The average molecular weight is 214 g/mol. The molecule has 0 aliphatic rings.